The van der Waals surface area contributed by atoms with Crippen LogP contribution in [0, 0.1) is 0 Å². The molecule has 0 radical (unpaired) electrons. The number of halogens is 2. The second-order valence-electron chi connectivity index (χ2n) is 4.40. The number of nitrogens with zero attached hydrogens (tertiary/aromatic N) is 3. The van der Waals surface area contributed by atoms with Crippen molar-refractivity contribution in [2.45, 2.75) is 38.9 Å². The molecular weight excluding hydrogens is 247 g/mol. The number of nitrogens with one attached hydrogen (secondary N) is 1. The Kier molecular flexibility index (Phi) is 5.02. The van der Waals surface area contributed by atoms with E-state index in [1.165, 1.54) is 0 Å². The van der Waals surface area contributed by atoms with E-state index in [-0.39, 0.29) is 5.54 Å². The maximum Gasteiger partial charge on any atom is 0.141 e. The molecule has 0 spiro atoms. The van der Waals surface area contributed by atoms with E-state index in [0.29, 0.717) is 24.3 Å². The van der Waals surface area contributed by atoms with Crippen molar-refractivity contribution in [2.75, 3.05) is 11.8 Å². The van der Waals surface area contributed by atoms with Gasteiger partial charge < -0.3 is 5.32 Å². The van der Waals surface area contributed by atoms with Crippen molar-refractivity contribution in [3.05, 3.63) is 12.2 Å². The lowest BCUT2D eigenvalue weighted by atomic mass is 10.1. The molecule has 0 fully saturated rings. The van der Waals surface area contributed by atoms with Gasteiger partial charge in [0.1, 0.15) is 12.2 Å². The van der Waals surface area contributed by atoms with E-state index in [4.69, 9.17) is 23.2 Å². The Morgan fingerprint density at radius 2 is 2.06 bits per heavy atom. The van der Waals surface area contributed by atoms with Crippen LogP contribution in [-0.2, 0) is 6.54 Å². The standard InChI is InChI=1S/C10H18Cl2N4/c1-8(2)16-9(13-7-15-16)4-14-10(3,5-11)6-12/h7-8,14H,4-6H2,1-3H3. The Morgan fingerprint density at radius 3 is 2.56 bits per heavy atom. The van der Waals surface area contributed by atoms with Crippen LogP contribution in [-0.4, -0.2) is 32.1 Å². The molecule has 0 unspecified atom stereocenters. The van der Waals surface area contributed by atoms with Crippen LogP contribution in [0.1, 0.15) is 32.6 Å². The molecule has 1 aromatic heterocycles. The molecule has 1 aromatic rings. The first-order chi connectivity index (χ1) is 7.52. The van der Waals surface area contributed by atoms with Crippen molar-refractivity contribution in [1.29, 1.82) is 0 Å². The van der Waals surface area contributed by atoms with Gasteiger partial charge in [0.05, 0.1) is 6.54 Å². The second kappa shape index (κ2) is 5.84. The zero-order valence-electron chi connectivity index (χ0n) is 9.87. The number of aromatic nitrogens is 3. The highest BCUT2D eigenvalue weighted by Crippen LogP contribution is 2.11. The third kappa shape index (κ3) is 3.34. The van der Waals surface area contributed by atoms with Gasteiger partial charge in [-0.3, -0.25) is 0 Å². The predicted molar refractivity (Wildman–Crippen MR) is 67.1 cm³/mol. The topological polar surface area (TPSA) is 42.7 Å². The summed E-state index contributed by atoms with van der Waals surface area (Å²) in [5.41, 5.74) is -0.267. The van der Waals surface area contributed by atoms with Crippen LogP contribution in [0.3, 0.4) is 0 Å². The van der Waals surface area contributed by atoms with Gasteiger partial charge in [-0.25, -0.2) is 9.67 Å². The zero-order chi connectivity index (χ0) is 12.2. The summed E-state index contributed by atoms with van der Waals surface area (Å²) in [7, 11) is 0. The molecule has 0 aliphatic heterocycles. The molecule has 6 heteroatoms. The van der Waals surface area contributed by atoms with Crippen LogP contribution in [0.5, 0.6) is 0 Å². The van der Waals surface area contributed by atoms with Crippen LogP contribution < -0.4 is 5.32 Å². The molecule has 1 heterocycles. The first-order valence-corrected chi connectivity index (χ1v) is 6.34. The fraction of sp³-hybridized carbons (Fsp3) is 0.800. The molecule has 1 rings (SSSR count). The Balaban J connectivity index is 2.64. The summed E-state index contributed by atoms with van der Waals surface area (Å²) in [5, 5.41) is 7.47. The Hall–Kier alpha value is -0.320. The fourth-order valence-electron chi connectivity index (χ4n) is 1.25. The lowest BCUT2D eigenvalue weighted by Crippen LogP contribution is -2.45. The molecule has 0 aromatic carbocycles. The monoisotopic (exact) mass is 264 g/mol. The Bertz CT molecular complexity index is 320. The van der Waals surface area contributed by atoms with E-state index in [1.54, 1.807) is 6.33 Å². The highest BCUT2D eigenvalue weighted by Gasteiger charge is 2.22. The van der Waals surface area contributed by atoms with Gasteiger partial charge >= 0.3 is 0 Å². The molecule has 0 saturated heterocycles. The predicted octanol–water partition coefficient (Wildman–Crippen LogP) is 2.18. The summed E-state index contributed by atoms with van der Waals surface area (Å²) in [5.74, 6) is 1.83. The third-order valence-electron chi connectivity index (χ3n) is 2.40. The van der Waals surface area contributed by atoms with E-state index >= 15 is 0 Å². The number of hydrogen-bond donors (Lipinski definition) is 1. The smallest absolute Gasteiger partial charge is 0.141 e. The highest BCUT2D eigenvalue weighted by molar-refractivity contribution is 6.22. The minimum Gasteiger partial charge on any atom is -0.302 e. The number of hydrogen-bond acceptors (Lipinski definition) is 3. The van der Waals surface area contributed by atoms with Gasteiger partial charge in [-0.2, -0.15) is 5.10 Å². The Labute approximate surface area is 106 Å². The molecule has 0 aliphatic carbocycles. The zero-order valence-corrected chi connectivity index (χ0v) is 11.4. The van der Waals surface area contributed by atoms with Crippen LogP contribution in [0.15, 0.2) is 6.33 Å². The fourth-order valence-corrected chi connectivity index (χ4v) is 1.73. The van der Waals surface area contributed by atoms with Gasteiger partial charge in [0.15, 0.2) is 0 Å². The van der Waals surface area contributed by atoms with E-state index in [1.807, 2.05) is 11.6 Å². The summed E-state index contributed by atoms with van der Waals surface area (Å²) in [6.45, 7) is 6.75. The summed E-state index contributed by atoms with van der Waals surface area (Å²) >= 11 is 11.7. The highest BCUT2D eigenvalue weighted by atomic mass is 35.5. The van der Waals surface area contributed by atoms with Crippen molar-refractivity contribution in [1.82, 2.24) is 20.1 Å². The molecule has 0 atom stereocenters. The number of rotatable bonds is 6. The van der Waals surface area contributed by atoms with Gasteiger partial charge in [-0.15, -0.1) is 23.2 Å². The van der Waals surface area contributed by atoms with Crippen LogP contribution in [0.4, 0.5) is 0 Å². The third-order valence-corrected chi connectivity index (χ3v) is 3.58. The number of alkyl halides is 2. The molecular formula is C10H18Cl2N4. The minimum absolute atomic E-state index is 0.267. The summed E-state index contributed by atoms with van der Waals surface area (Å²) in [6, 6.07) is 0.303. The van der Waals surface area contributed by atoms with Crippen molar-refractivity contribution in [3.63, 3.8) is 0 Å². The van der Waals surface area contributed by atoms with Crippen LogP contribution in [0.2, 0.25) is 0 Å². The summed E-state index contributed by atoms with van der Waals surface area (Å²) < 4.78 is 1.88. The molecule has 4 nitrogen and oxygen atoms in total. The van der Waals surface area contributed by atoms with E-state index < -0.39 is 0 Å². The van der Waals surface area contributed by atoms with Crippen molar-refractivity contribution < 1.29 is 0 Å². The van der Waals surface area contributed by atoms with Crippen molar-refractivity contribution in [3.8, 4) is 0 Å². The van der Waals surface area contributed by atoms with Gasteiger partial charge in [0, 0.05) is 23.3 Å². The maximum absolute atomic E-state index is 5.86. The molecule has 0 saturated carbocycles. The summed E-state index contributed by atoms with van der Waals surface area (Å²) in [4.78, 5) is 4.21. The van der Waals surface area contributed by atoms with Gasteiger partial charge in [0.2, 0.25) is 0 Å². The Morgan fingerprint density at radius 1 is 1.44 bits per heavy atom. The molecule has 16 heavy (non-hydrogen) atoms. The van der Waals surface area contributed by atoms with E-state index in [2.05, 4.69) is 29.2 Å². The van der Waals surface area contributed by atoms with E-state index in [9.17, 15) is 0 Å². The van der Waals surface area contributed by atoms with Crippen LogP contribution in [0.25, 0.3) is 0 Å². The molecule has 0 bridgehead atoms. The first kappa shape index (κ1) is 13.7. The van der Waals surface area contributed by atoms with Crippen molar-refractivity contribution >= 4 is 23.2 Å². The van der Waals surface area contributed by atoms with Crippen molar-refractivity contribution in [2.24, 2.45) is 0 Å². The average molecular weight is 265 g/mol. The van der Waals surface area contributed by atoms with Crippen LogP contribution >= 0.6 is 23.2 Å². The second-order valence-corrected chi connectivity index (χ2v) is 4.93. The lowest BCUT2D eigenvalue weighted by Gasteiger charge is -2.26. The molecule has 1 N–H and O–H groups in total. The molecule has 92 valence electrons. The maximum atomic E-state index is 5.86. The quantitative estimate of drug-likeness (QED) is 0.802. The average Bonchev–Trinajstić information content (AvgIpc) is 2.74. The summed E-state index contributed by atoms with van der Waals surface area (Å²) in [6.07, 6.45) is 1.57. The van der Waals surface area contributed by atoms with Gasteiger partial charge in [0.25, 0.3) is 0 Å². The normalized spacial score (nSPS) is 12.4. The lowest BCUT2D eigenvalue weighted by molar-refractivity contribution is 0.408. The molecule has 0 aliphatic rings. The van der Waals surface area contributed by atoms with E-state index in [0.717, 1.165) is 5.82 Å². The SMILES string of the molecule is CC(C)n1ncnc1CNC(C)(CCl)CCl. The van der Waals surface area contributed by atoms with Gasteiger partial charge in [-0.05, 0) is 20.8 Å². The van der Waals surface area contributed by atoms with Gasteiger partial charge in [-0.1, -0.05) is 0 Å². The first-order valence-electron chi connectivity index (χ1n) is 5.28. The minimum atomic E-state index is -0.267. The molecule has 0 amide bonds. The largest absolute Gasteiger partial charge is 0.302 e.